The van der Waals surface area contributed by atoms with Crippen LogP contribution >= 0.6 is 0 Å². The monoisotopic (exact) mass is 210 g/mol. The fraction of sp³-hybridized carbons (Fsp3) is 0.600. The van der Waals surface area contributed by atoms with Crippen molar-refractivity contribution in [2.24, 2.45) is 0 Å². The number of carbonyl (C=O) groups excluding carboxylic acids is 1. The number of hydrogen-bond donors (Lipinski definition) is 0. The molecule has 0 spiro atoms. The molecule has 0 aromatic carbocycles. The highest BCUT2D eigenvalue weighted by atomic mass is 16.5. The highest BCUT2D eigenvalue weighted by Crippen LogP contribution is 2.21. The van der Waals surface area contributed by atoms with E-state index in [2.05, 4.69) is 5.10 Å². The first kappa shape index (κ1) is 10.2. The van der Waals surface area contributed by atoms with Gasteiger partial charge in [0.25, 0.3) is 0 Å². The summed E-state index contributed by atoms with van der Waals surface area (Å²) in [6.45, 7) is 4.02. The van der Waals surface area contributed by atoms with E-state index in [4.69, 9.17) is 9.47 Å². The maximum absolute atomic E-state index is 10.5. The van der Waals surface area contributed by atoms with Gasteiger partial charge in [0.2, 0.25) is 5.88 Å². The molecule has 0 bridgehead atoms. The number of hydrogen-bond acceptors (Lipinski definition) is 4. The molecule has 15 heavy (non-hydrogen) atoms. The molecular weight excluding hydrogens is 196 g/mol. The molecule has 0 fully saturated rings. The van der Waals surface area contributed by atoms with Gasteiger partial charge < -0.3 is 9.47 Å². The number of ether oxygens (including phenoxy) is 2. The summed E-state index contributed by atoms with van der Waals surface area (Å²) in [6.07, 6.45) is 1.67. The lowest BCUT2D eigenvalue weighted by Gasteiger charge is -2.24. The van der Waals surface area contributed by atoms with E-state index in [0.29, 0.717) is 24.8 Å². The smallest absolute Gasteiger partial charge is 0.212 e. The fourth-order valence-electron chi connectivity index (χ4n) is 1.59. The van der Waals surface area contributed by atoms with E-state index < -0.39 is 0 Å². The molecule has 2 rings (SSSR count). The number of rotatable bonds is 4. The third-order valence-electron chi connectivity index (χ3n) is 2.34. The van der Waals surface area contributed by atoms with Crippen molar-refractivity contribution in [1.29, 1.82) is 0 Å². The first-order valence-electron chi connectivity index (χ1n) is 5.11. The van der Waals surface area contributed by atoms with Crippen LogP contribution in [0.2, 0.25) is 0 Å². The second-order valence-electron chi connectivity index (χ2n) is 3.44. The van der Waals surface area contributed by atoms with Crippen LogP contribution in [0.1, 0.15) is 23.8 Å². The van der Waals surface area contributed by atoms with Gasteiger partial charge in [-0.3, -0.25) is 4.79 Å². The Labute approximate surface area is 88.0 Å². The lowest BCUT2D eigenvalue weighted by atomic mass is 10.2. The minimum Gasteiger partial charge on any atom is -0.472 e. The number of aryl methyl sites for hydroxylation is 1. The molecule has 2 heterocycles. The van der Waals surface area contributed by atoms with Gasteiger partial charge in [0, 0.05) is 25.6 Å². The van der Waals surface area contributed by atoms with Crippen LogP contribution in [0.4, 0.5) is 0 Å². The maximum Gasteiger partial charge on any atom is 0.212 e. The SMILES string of the molecule is CCOCC1CCn2nc(C=O)cc2O1. The van der Waals surface area contributed by atoms with Gasteiger partial charge in [0.1, 0.15) is 11.8 Å². The van der Waals surface area contributed by atoms with Crippen LogP contribution in [0.5, 0.6) is 5.88 Å². The minimum absolute atomic E-state index is 0.0775. The average Bonchev–Trinajstić information content (AvgIpc) is 2.68. The fourth-order valence-corrected chi connectivity index (χ4v) is 1.59. The summed E-state index contributed by atoms with van der Waals surface area (Å²) in [6, 6.07) is 1.66. The van der Waals surface area contributed by atoms with Crippen LogP contribution in [0, 0.1) is 0 Å². The average molecular weight is 210 g/mol. The van der Waals surface area contributed by atoms with E-state index in [1.807, 2.05) is 6.92 Å². The molecule has 0 saturated heterocycles. The van der Waals surface area contributed by atoms with E-state index in [0.717, 1.165) is 19.3 Å². The number of fused-ring (bicyclic) bond motifs is 1. The number of aromatic nitrogens is 2. The summed E-state index contributed by atoms with van der Waals surface area (Å²) in [5, 5.41) is 4.07. The van der Waals surface area contributed by atoms with Gasteiger partial charge >= 0.3 is 0 Å². The highest BCUT2D eigenvalue weighted by Gasteiger charge is 2.21. The van der Waals surface area contributed by atoms with E-state index in [-0.39, 0.29) is 6.10 Å². The van der Waals surface area contributed by atoms with E-state index in [1.54, 1.807) is 10.7 Å². The Balaban J connectivity index is 2.02. The highest BCUT2D eigenvalue weighted by molar-refractivity contribution is 5.72. The molecule has 1 atom stereocenters. The third kappa shape index (κ3) is 2.18. The Morgan fingerprint density at radius 3 is 3.40 bits per heavy atom. The van der Waals surface area contributed by atoms with Crippen molar-refractivity contribution in [3.8, 4) is 5.88 Å². The van der Waals surface area contributed by atoms with Gasteiger partial charge in [-0.25, -0.2) is 4.68 Å². The van der Waals surface area contributed by atoms with Crippen molar-refractivity contribution in [1.82, 2.24) is 9.78 Å². The summed E-state index contributed by atoms with van der Waals surface area (Å²) in [5.74, 6) is 0.660. The molecule has 0 saturated carbocycles. The molecule has 1 aromatic heterocycles. The maximum atomic E-state index is 10.5. The van der Waals surface area contributed by atoms with Gasteiger partial charge in [-0.05, 0) is 6.92 Å². The van der Waals surface area contributed by atoms with Crippen molar-refractivity contribution in [3.05, 3.63) is 11.8 Å². The zero-order valence-corrected chi connectivity index (χ0v) is 8.68. The van der Waals surface area contributed by atoms with Crippen LogP contribution in [0.25, 0.3) is 0 Å². The van der Waals surface area contributed by atoms with Crippen molar-refractivity contribution in [3.63, 3.8) is 0 Å². The van der Waals surface area contributed by atoms with Gasteiger partial charge in [0.15, 0.2) is 6.29 Å². The quantitative estimate of drug-likeness (QED) is 0.692. The Hall–Kier alpha value is -1.36. The molecular formula is C10H14N2O3. The Morgan fingerprint density at radius 1 is 1.80 bits per heavy atom. The minimum atomic E-state index is 0.0775. The molecule has 0 N–H and O–H groups in total. The Bertz CT molecular complexity index is 348. The van der Waals surface area contributed by atoms with Crippen molar-refractivity contribution >= 4 is 6.29 Å². The van der Waals surface area contributed by atoms with Crippen LogP contribution in [0.3, 0.4) is 0 Å². The van der Waals surface area contributed by atoms with E-state index in [1.165, 1.54) is 0 Å². The molecule has 0 aliphatic carbocycles. The Morgan fingerprint density at radius 2 is 2.67 bits per heavy atom. The lowest BCUT2D eigenvalue weighted by molar-refractivity contribution is 0.0309. The molecule has 1 aliphatic rings. The summed E-state index contributed by atoms with van der Waals surface area (Å²) in [4.78, 5) is 10.5. The molecule has 1 unspecified atom stereocenters. The van der Waals surface area contributed by atoms with E-state index in [9.17, 15) is 4.79 Å². The third-order valence-corrected chi connectivity index (χ3v) is 2.34. The summed E-state index contributed by atoms with van der Waals surface area (Å²) < 4.78 is 12.6. The van der Waals surface area contributed by atoms with Gasteiger partial charge in [-0.15, -0.1) is 0 Å². The molecule has 1 aromatic rings. The zero-order chi connectivity index (χ0) is 10.7. The predicted molar refractivity (Wildman–Crippen MR) is 53.1 cm³/mol. The lowest BCUT2D eigenvalue weighted by Crippen LogP contribution is -2.30. The normalized spacial score (nSPS) is 19.4. The summed E-state index contributed by atoms with van der Waals surface area (Å²) in [7, 11) is 0. The number of aldehydes is 1. The summed E-state index contributed by atoms with van der Waals surface area (Å²) in [5.41, 5.74) is 0.419. The number of carbonyl (C=O) groups is 1. The first-order chi connectivity index (χ1) is 7.33. The van der Waals surface area contributed by atoms with E-state index >= 15 is 0 Å². The second kappa shape index (κ2) is 4.44. The van der Waals surface area contributed by atoms with Crippen LogP contribution < -0.4 is 4.74 Å². The van der Waals surface area contributed by atoms with Gasteiger partial charge in [-0.1, -0.05) is 0 Å². The number of nitrogens with zero attached hydrogens (tertiary/aromatic N) is 2. The molecule has 1 aliphatic heterocycles. The van der Waals surface area contributed by atoms with Crippen molar-refractivity contribution < 1.29 is 14.3 Å². The molecule has 5 heteroatoms. The zero-order valence-electron chi connectivity index (χ0n) is 8.68. The standard InChI is InChI=1S/C10H14N2O3/c1-2-14-7-9-3-4-12-10(15-9)5-8(6-13)11-12/h5-6,9H,2-4,7H2,1H3. The molecule has 0 radical (unpaired) electrons. The predicted octanol–water partition coefficient (Wildman–Crippen LogP) is 0.883. The van der Waals surface area contributed by atoms with Crippen LogP contribution in [0.15, 0.2) is 6.07 Å². The van der Waals surface area contributed by atoms with Crippen molar-refractivity contribution in [2.75, 3.05) is 13.2 Å². The topological polar surface area (TPSA) is 53.4 Å². The van der Waals surface area contributed by atoms with Gasteiger partial charge in [-0.2, -0.15) is 5.10 Å². The second-order valence-corrected chi connectivity index (χ2v) is 3.44. The largest absolute Gasteiger partial charge is 0.472 e. The molecule has 0 amide bonds. The van der Waals surface area contributed by atoms with Crippen molar-refractivity contribution in [2.45, 2.75) is 26.0 Å². The van der Waals surface area contributed by atoms with Crippen LogP contribution in [-0.2, 0) is 11.3 Å². The van der Waals surface area contributed by atoms with Gasteiger partial charge in [0.05, 0.1) is 6.61 Å². The van der Waals surface area contributed by atoms with Crippen LogP contribution in [-0.4, -0.2) is 35.4 Å². The first-order valence-corrected chi connectivity index (χ1v) is 5.11. The Kier molecular flexibility index (Phi) is 3.01. The molecule has 82 valence electrons. The summed E-state index contributed by atoms with van der Waals surface area (Å²) >= 11 is 0. The molecule has 5 nitrogen and oxygen atoms in total.